The van der Waals surface area contributed by atoms with E-state index in [0.717, 1.165) is 0 Å². The Morgan fingerprint density at radius 3 is 2.27 bits per heavy atom. The summed E-state index contributed by atoms with van der Waals surface area (Å²) in [7, 11) is 0. The normalized spacial score (nSPS) is 13.7. The van der Waals surface area contributed by atoms with E-state index in [1.54, 1.807) is 18.2 Å². The van der Waals surface area contributed by atoms with Crippen molar-refractivity contribution in [1.82, 2.24) is 0 Å². The number of ether oxygens (including phenoxy) is 2. The molecule has 0 aromatic rings. The van der Waals surface area contributed by atoms with Crippen LogP contribution in [-0.4, -0.2) is 18.4 Å². The molecule has 0 rings (SSSR count). The average Bonchev–Trinajstić information content (AvgIpc) is 2.16. The van der Waals surface area contributed by atoms with Crippen molar-refractivity contribution in [3.05, 3.63) is 38.0 Å². The van der Waals surface area contributed by atoms with Crippen molar-refractivity contribution in [3.63, 3.8) is 0 Å². The van der Waals surface area contributed by atoms with E-state index in [1.807, 2.05) is 0 Å². The first-order valence-corrected chi connectivity index (χ1v) is 4.81. The van der Waals surface area contributed by atoms with Crippen molar-refractivity contribution < 1.29 is 14.3 Å². The largest absolute Gasteiger partial charge is 0.436 e. The molecule has 0 heterocycles. The van der Waals surface area contributed by atoms with Crippen molar-refractivity contribution in [3.8, 4) is 0 Å². The van der Waals surface area contributed by atoms with Gasteiger partial charge < -0.3 is 9.47 Å². The van der Waals surface area contributed by atoms with Crippen LogP contribution in [0.3, 0.4) is 0 Å². The van der Waals surface area contributed by atoms with Gasteiger partial charge in [0.1, 0.15) is 0 Å². The zero-order valence-electron chi connectivity index (χ0n) is 9.15. The Labute approximate surface area is 91.1 Å². The molecule has 0 saturated carbocycles. The Morgan fingerprint density at radius 2 is 1.87 bits per heavy atom. The van der Waals surface area contributed by atoms with Gasteiger partial charge in [0.25, 0.3) is 0 Å². The third-order valence-corrected chi connectivity index (χ3v) is 1.64. The summed E-state index contributed by atoms with van der Waals surface area (Å²) in [5, 5.41) is 0. The third kappa shape index (κ3) is 6.69. The van der Waals surface area contributed by atoms with Crippen molar-refractivity contribution in [2.75, 3.05) is 0 Å². The van der Waals surface area contributed by atoms with Crippen LogP contribution in [0.15, 0.2) is 38.0 Å². The maximum Gasteiger partial charge on any atom is 0.304 e. The van der Waals surface area contributed by atoms with E-state index in [0.29, 0.717) is 12.8 Å². The van der Waals surface area contributed by atoms with Crippen molar-refractivity contribution in [2.24, 2.45) is 0 Å². The van der Waals surface area contributed by atoms with Crippen LogP contribution in [0.1, 0.15) is 19.8 Å². The lowest BCUT2D eigenvalue weighted by molar-refractivity contribution is -0.181. The van der Waals surface area contributed by atoms with Crippen LogP contribution in [-0.2, 0) is 14.3 Å². The van der Waals surface area contributed by atoms with Crippen LogP contribution in [0.4, 0.5) is 0 Å². The van der Waals surface area contributed by atoms with Gasteiger partial charge in [-0.1, -0.05) is 18.2 Å². The van der Waals surface area contributed by atoms with Crippen LogP contribution in [0.2, 0.25) is 0 Å². The molecule has 0 aromatic heterocycles. The van der Waals surface area contributed by atoms with Crippen LogP contribution in [0, 0.1) is 0 Å². The number of hydrogen-bond acceptors (Lipinski definition) is 3. The molecule has 3 nitrogen and oxygen atoms in total. The van der Waals surface area contributed by atoms with Crippen LogP contribution >= 0.6 is 0 Å². The highest BCUT2D eigenvalue weighted by molar-refractivity contribution is 5.66. The van der Waals surface area contributed by atoms with E-state index >= 15 is 0 Å². The first-order valence-electron chi connectivity index (χ1n) is 4.81. The van der Waals surface area contributed by atoms with Gasteiger partial charge in [-0.15, -0.1) is 19.7 Å². The predicted octanol–water partition coefficient (Wildman–Crippen LogP) is 2.60. The summed E-state index contributed by atoms with van der Waals surface area (Å²) in [4.78, 5) is 10.8. The quantitative estimate of drug-likeness (QED) is 0.351. The van der Waals surface area contributed by atoms with Crippen LogP contribution in [0.5, 0.6) is 0 Å². The van der Waals surface area contributed by atoms with Gasteiger partial charge in [-0.3, -0.25) is 4.79 Å². The van der Waals surface area contributed by atoms with Gasteiger partial charge in [0.15, 0.2) is 0 Å². The lowest BCUT2D eigenvalue weighted by Crippen LogP contribution is -2.24. The molecular weight excluding hydrogens is 192 g/mol. The second-order valence-electron chi connectivity index (χ2n) is 3.00. The molecule has 0 radical (unpaired) electrons. The monoisotopic (exact) mass is 210 g/mol. The Morgan fingerprint density at radius 1 is 1.27 bits per heavy atom. The molecule has 0 saturated heterocycles. The van der Waals surface area contributed by atoms with Crippen molar-refractivity contribution in [1.29, 1.82) is 0 Å². The van der Waals surface area contributed by atoms with Gasteiger partial charge in [0, 0.05) is 13.3 Å². The predicted molar refractivity (Wildman–Crippen MR) is 60.3 cm³/mol. The summed E-state index contributed by atoms with van der Waals surface area (Å²) >= 11 is 0. The van der Waals surface area contributed by atoms with Gasteiger partial charge in [0.2, 0.25) is 6.29 Å². The fourth-order valence-electron chi connectivity index (χ4n) is 1.02. The fraction of sp³-hybridized carbons (Fsp3) is 0.417. The third-order valence-electron chi connectivity index (χ3n) is 1.64. The van der Waals surface area contributed by atoms with Crippen LogP contribution < -0.4 is 0 Å². The SMILES string of the molecule is C=CCC(OC(C)=O)O[C@@H](C=C)CC=C. The molecule has 0 fully saturated rings. The molecular formula is C12H18O3. The number of carbonyl (C=O) groups excluding carboxylic acids is 1. The zero-order valence-corrected chi connectivity index (χ0v) is 9.15. The average molecular weight is 210 g/mol. The maximum absolute atomic E-state index is 10.8. The summed E-state index contributed by atoms with van der Waals surface area (Å²) in [5.41, 5.74) is 0. The Kier molecular flexibility index (Phi) is 7.28. The second-order valence-corrected chi connectivity index (χ2v) is 3.00. The number of carbonyl (C=O) groups is 1. The van der Waals surface area contributed by atoms with E-state index in [4.69, 9.17) is 9.47 Å². The molecule has 0 aliphatic heterocycles. The highest BCUT2D eigenvalue weighted by atomic mass is 16.7. The summed E-state index contributed by atoms with van der Waals surface area (Å²) in [6, 6.07) is 0. The van der Waals surface area contributed by atoms with Gasteiger partial charge in [-0.2, -0.15) is 0 Å². The summed E-state index contributed by atoms with van der Waals surface area (Å²) in [6.45, 7) is 12.2. The topological polar surface area (TPSA) is 35.5 Å². The van der Waals surface area contributed by atoms with Crippen molar-refractivity contribution >= 4 is 5.97 Å². The lowest BCUT2D eigenvalue weighted by atomic mass is 10.2. The smallest absolute Gasteiger partial charge is 0.304 e. The van der Waals surface area contributed by atoms with Crippen LogP contribution in [0.25, 0.3) is 0 Å². The summed E-state index contributed by atoms with van der Waals surface area (Å²) in [5.74, 6) is -0.372. The van der Waals surface area contributed by atoms with Crippen molar-refractivity contribution in [2.45, 2.75) is 32.2 Å². The summed E-state index contributed by atoms with van der Waals surface area (Å²) in [6.07, 6.45) is 5.34. The summed E-state index contributed by atoms with van der Waals surface area (Å²) < 4.78 is 10.4. The minimum Gasteiger partial charge on any atom is -0.436 e. The van der Waals surface area contributed by atoms with Gasteiger partial charge in [-0.05, 0) is 6.42 Å². The van der Waals surface area contributed by atoms with E-state index in [1.165, 1.54) is 6.92 Å². The molecule has 1 unspecified atom stereocenters. The molecule has 84 valence electrons. The fourth-order valence-corrected chi connectivity index (χ4v) is 1.02. The van der Waals surface area contributed by atoms with E-state index < -0.39 is 6.29 Å². The second kappa shape index (κ2) is 8.00. The highest BCUT2D eigenvalue weighted by Gasteiger charge is 2.14. The van der Waals surface area contributed by atoms with Gasteiger partial charge in [-0.25, -0.2) is 0 Å². The lowest BCUT2D eigenvalue weighted by Gasteiger charge is -2.20. The van der Waals surface area contributed by atoms with Gasteiger partial charge >= 0.3 is 5.97 Å². The number of hydrogen-bond donors (Lipinski definition) is 0. The maximum atomic E-state index is 10.8. The number of rotatable bonds is 8. The Balaban J connectivity index is 4.21. The molecule has 0 aliphatic carbocycles. The van der Waals surface area contributed by atoms with E-state index in [2.05, 4.69) is 19.7 Å². The molecule has 0 spiro atoms. The molecule has 2 atom stereocenters. The standard InChI is InChI=1S/C12H18O3/c1-5-8-11(7-3)15-12(9-6-2)14-10(4)13/h5-7,11-12H,1-3,8-9H2,4H3/t11-,12?/m0/s1. The van der Waals surface area contributed by atoms with Gasteiger partial charge in [0.05, 0.1) is 6.10 Å². The first kappa shape index (κ1) is 13.7. The molecule has 0 aromatic carbocycles. The Bertz CT molecular complexity index is 233. The zero-order chi connectivity index (χ0) is 11.7. The molecule has 0 aliphatic rings. The highest BCUT2D eigenvalue weighted by Crippen LogP contribution is 2.10. The Hall–Kier alpha value is -1.35. The molecule has 3 heteroatoms. The minimum absolute atomic E-state index is 0.188. The molecule has 0 amide bonds. The minimum atomic E-state index is -0.594. The molecule has 15 heavy (non-hydrogen) atoms. The van der Waals surface area contributed by atoms with E-state index in [9.17, 15) is 4.79 Å². The molecule has 0 N–H and O–H groups in total. The first-order chi connectivity index (χ1) is 7.13. The van der Waals surface area contributed by atoms with E-state index in [-0.39, 0.29) is 12.1 Å². The number of esters is 1. The molecule has 0 bridgehead atoms.